The van der Waals surface area contributed by atoms with Crippen LogP contribution in [0.4, 0.5) is 10.8 Å². The highest BCUT2D eigenvalue weighted by atomic mass is 32.1. The zero-order valence-electron chi connectivity index (χ0n) is 15.0. The molecule has 26 heavy (non-hydrogen) atoms. The summed E-state index contributed by atoms with van der Waals surface area (Å²) in [7, 11) is 0. The summed E-state index contributed by atoms with van der Waals surface area (Å²) in [5.41, 5.74) is 9.01. The standard InChI is InChI=1S/C18H23N5O2S/c1-11-12(2)26-18(21-11)23-16-10-13-3-4-14(9-15(13)22-16)17(24)20-6-8-25-7-5-19/h3-4,9H,5-8,10,19H2,1-2H3,(H,20,24)(H,21,22,23). The molecular weight excluding hydrogens is 350 g/mol. The molecule has 0 unspecified atom stereocenters. The zero-order valence-corrected chi connectivity index (χ0v) is 15.8. The van der Waals surface area contributed by atoms with Gasteiger partial charge in [0, 0.05) is 35.6 Å². The summed E-state index contributed by atoms with van der Waals surface area (Å²) in [6.45, 7) is 5.92. The number of aliphatic imine (C=N–C) groups is 1. The Labute approximate surface area is 156 Å². The maximum absolute atomic E-state index is 12.2. The number of rotatable bonds is 7. The van der Waals surface area contributed by atoms with Crippen molar-refractivity contribution in [1.29, 1.82) is 0 Å². The van der Waals surface area contributed by atoms with Gasteiger partial charge in [0.15, 0.2) is 0 Å². The highest BCUT2D eigenvalue weighted by molar-refractivity contribution is 7.15. The van der Waals surface area contributed by atoms with Crippen LogP contribution in [-0.2, 0) is 11.2 Å². The SMILES string of the molecule is Cc1nc(N=C2Cc3ccc(C(=O)NCCOCCN)cc3N2)sc1C. The molecule has 0 fully saturated rings. The van der Waals surface area contributed by atoms with Crippen LogP contribution in [0.25, 0.3) is 0 Å². The van der Waals surface area contributed by atoms with Crippen molar-refractivity contribution in [3.63, 3.8) is 0 Å². The van der Waals surface area contributed by atoms with Crippen LogP contribution in [0.15, 0.2) is 23.2 Å². The molecule has 2 aromatic rings. The number of carbonyl (C=O) groups excluding carboxylic acids is 1. The minimum atomic E-state index is -0.123. The van der Waals surface area contributed by atoms with Gasteiger partial charge in [-0.2, -0.15) is 0 Å². The van der Waals surface area contributed by atoms with Gasteiger partial charge in [0.2, 0.25) is 5.13 Å². The van der Waals surface area contributed by atoms with Crippen LogP contribution >= 0.6 is 11.3 Å². The smallest absolute Gasteiger partial charge is 0.251 e. The van der Waals surface area contributed by atoms with E-state index in [0.717, 1.165) is 27.9 Å². The van der Waals surface area contributed by atoms with E-state index in [-0.39, 0.29) is 5.91 Å². The first-order valence-electron chi connectivity index (χ1n) is 8.54. The highest BCUT2D eigenvalue weighted by Crippen LogP contribution is 2.28. The fourth-order valence-corrected chi connectivity index (χ4v) is 3.38. The number of hydrogen-bond donors (Lipinski definition) is 3. The monoisotopic (exact) mass is 373 g/mol. The van der Waals surface area contributed by atoms with Gasteiger partial charge in [0.25, 0.3) is 5.91 Å². The van der Waals surface area contributed by atoms with E-state index in [4.69, 9.17) is 10.5 Å². The molecule has 0 saturated heterocycles. The molecule has 138 valence electrons. The molecular formula is C18H23N5O2S. The van der Waals surface area contributed by atoms with Gasteiger partial charge in [-0.1, -0.05) is 17.4 Å². The number of aromatic nitrogens is 1. The number of hydrogen-bond acceptors (Lipinski definition) is 6. The molecule has 3 rings (SSSR count). The number of amidine groups is 1. The van der Waals surface area contributed by atoms with Crippen molar-refractivity contribution in [1.82, 2.24) is 10.3 Å². The van der Waals surface area contributed by atoms with Gasteiger partial charge in [0.1, 0.15) is 5.84 Å². The lowest BCUT2D eigenvalue weighted by molar-refractivity contribution is 0.0920. The van der Waals surface area contributed by atoms with Crippen molar-refractivity contribution < 1.29 is 9.53 Å². The number of nitrogens with two attached hydrogens (primary N) is 1. The van der Waals surface area contributed by atoms with Gasteiger partial charge < -0.3 is 21.1 Å². The molecule has 2 heterocycles. The second-order valence-electron chi connectivity index (χ2n) is 6.03. The third kappa shape index (κ3) is 4.46. The Morgan fingerprint density at radius 1 is 1.42 bits per heavy atom. The third-order valence-corrected chi connectivity index (χ3v) is 5.02. The van der Waals surface area contributed by atoms with Gasteiger partial charge in [-0.05, 0) is 31.5 Å². The molecule has 1 amide bonds. The molecule has 4 N–H and O–H groups in total. The Morgan fingerprint density at radius 2 is 2.27 bits per heavy atom. The first kappa shape index (κ1) is 18.5. The summed E-state index contributed by atoms with van der Waals surface area (Å²) in [5.74, 6) is 0.726. The van der Waals surface area contributed by atoms with Crippen molar-refractivity contribution >= 4 is 33.9 Å². The summed E-state index contributed by atoms with van der Waals surface area (Å²) >= 11 is 1.58. The second kappa shape index (κ2) is 8.39. The van der Waals surface area contributed by atoms with Crippen LogP contribution in [0.5, 0.6) is 0 Å². The summed E-state index contributed by atoms with van der Waals surface area (Å²) in [5, 5.41) is 6.88. The van der Waals surface area contributed by atoms with Gasteiger partial charge in [-0.25, -0.2) is 9.98 Å². The number of thiazole rings is 1. The van der Waals surface area contributed by atoms with Gasteiger partial charge in [0.05, 0.1) is 18.9 Å². The second-order valence-corrected chi connectivity index (χ2v) is 7.21. The summed E-state index contributed by atoms with van der Waals surface area (Å²) in [6.07, 6.45) is 0.710. The topological polar surface area (TPSA) is 102 Å². The molecule has 0 aliphatic carbocycles. The predicted octanol–water partition coefficient (Wildman–Crippen LogP) is 2.16. The summed E-state index contributed by atoms with van der Waals surface area (Å²) in [6, 6.07) is 5.65. The Bertz CT molecular complexity index is 811. The van der Waals surface area contributed by atoms with Crippen LogP contribution in [0.1, 0.15) is 26.5 Å². The van der Waals surface area contributed by atoms with Crippen LogP contribution in [0.3, 0.4) is 0 Å². The molecule has 0 atom stereocenters. The van der Waals surface area contributed by atoms with E-state index in [1.807, 2.05) is 32.0 Å². The first-order chi connectivity index (χ1) is 12.6. The van der Waals surface area contributed by atoms with Crippen LogP contribution in [0, 0.1) is 13.8 Å². The Hall–Kier alpha value is -2.29. The Balaban J connectivity index is 1.61. The first-order valence-corrected chi connectivity index (χ1v) is 9.36. The fourth-order valence-electron chi connectivity index (χ4n) is 2.58. The minimum Gasteiger partial charge on any atom is -0.378 e. The maximum atomic E-state index is 12.2. The fraction of sp³-hybridized carbons (Fsp3) is 0.389. The van der Waals surface area contributed by atoms with Gasteiger partial charge in [-0.3, -0.25) is 4.79 Å². The maximum Gasteiger partial charge on any atom is 0.251 e. The van der Waals surface area contributed by atoms with E-state index < -0.39 is 0 Å². The molecule has 1 aromatic carbocycles. The number of anilines is 1. The number of ether oxygens (including phenoxy) is 1. The average Bonchev–Trinajstić information content (AvgIpc) is 3.16. The lowest BCUT2D eigenvalue weighted by Gasteiger charge is -2.07. The van der Waals surface area contributed by atoms with Crippen LogP contribution < -0.4 is 16.4 Å². The van der Waals surface area contributed by atoms with Crippen molar-refractivity contribution in [2.45, 2.75) is 20.3 Å². The van der Waals surface area contributed by atoms with E-state index in [0.29, 0.717) is 38.3 Å². The quantitative estimate of drug-likeness (QED) is 0.646. The zero-order chi connectivity index (χ0) is 18.5. The molecule has 0 radical (unpaired) electrons. The van der Waals surface area contributed by atoms with Crippen molar-refractivity contribution in [2.75, 3.05) is 31.6 Å². The van der Waals surface area contributed by atoms with E-state index in [9.17, 15) is 4.79 Å². The Kier molecular flexibility index (Phi) is 5.97. The third-order valence-electron chi connectivity index (χ3n) is 4.05. The number of nitrogens with zero attached hydrogens (tertiary/aromatic N) is 2. The molecule has 1 aliphatic rings. The molecule has 0 spiro atoms. The summed E-state index contributed by atoms with van der Waals surface area (Å²) in [4.78, 5) is 22.4. The van der Waals surface area contributed by atoms with Crippen LogP contribution in [0.2, 0.25) is 0 Å². The molecule has 8 heteroatoms. The number of fused-ring (bicyclic) bond motifs is 1. The van der Waals surface area contributed by atoms with E-state index in [1.54, 1.807) is 11.3 Å². The van der Waals surface area contributed by atoms with E-state index in [2.05, 4.69) is 20.6 Å². The largest absolute Gasteiger partial charge is 0.378 e. The Morgan fingerprint density at radius 3 is 3.00 bits per heavy atom. The number of benzene rings is 1. The predicted molar refractivity (Wildman–Crippen MR) is 105 cm³/mol. The van der Waals surface area contributed by atoms with Crippen molar-refractivity contribution in [2.24, 2.45) is 10.7 Å². The van der Waals surface area contributed by atoms with E-state index in [1.165, 1.54) is 4.88 Å². The molecule has 0 saturated carbocycles. The number of nitrogens with one attached hydrogen (secondary N) is 2. The van der Waals surface area contributed by atoms with E-state index >= 15 is 0 Å². The van der Waals surface area contributed by atoms with Gasteiger partial charge in [-0.15, -0.1) is 0 Å². The molecule has 1 aliphatic heterocycles. The minimum absolute atomic E-state index is 0.123. The number of aryl methyl sites for hydroxylation is 2. The van der Waals surface area contributed by atoms with Crippen LogP contribution in [-0.4, -0.2) is 43.0 Å². The normalized spacial score (nSPS) is 14.3. The number of amides is 1. The molecule has 0 bridgehead atoms. The highest BCUT2D eigenvalue weighted by Gasteiger charge is 2.19. The van der Waals surface area contributed by atoms with Crippen molar-refractivity contribution in [3.8, 4) is 0 Å². The lowest BCUT2D eigenvalue weighted by atomic mass is 10.1. The molecule has 1 aromatic heterocycles. The average molecular weight is 373 g/mol. The van der Waals surface area contributed by atoms with Gasteiger partial charge >= 0.3 is 0 Å². The number of carbonyl (C=O) groups is 1. The summed E-state index contributed by atoms with van der Waals surface area (Å²) < 4.78 is 5.25. The molecule has 7 nitrogen and oxygen atoms in total. The lowest BCUT2D eigenvalue weighted by Crippen LogP contribution is -2.27. The van der Waals surface area contributed by atoms with Crippen molar-refractivity contribution in [3.05, 3.63) is 39.9 Å².